The number of thioether (sulfide) groups is 1. The summed E-state index contributed by atoms with van der Waals surface area (Å²) >= 11 is 1.09. The van der Waals surface area contributed by atoms with Gasteiger partial charge in [-0.2, -0.15) is 8.42 Å². The molecular weight excluding hydrogens is 382 g/mol. The number of hydrogen-bond acceptors (Lipinski definition) is 8. The summed E-state index contributed by atoms with van der Waals surface area (Å²) in [7, 11) is -4.64. The monoisotopic (exact) mass is 400 g/mol. The largest absolute Gasteiger partial charge is 0.394 e. The zero-order chi connectivity index (χ0) is 18.8. The van der Waals surface area contributed by atoms with Gasteiger partial charge in [-0.15, -0.1) is 11.8 Å². The van der Waals surface area contributed by atoms with Crippen LogP contribution >= 0.6 is 11.8 Å². The molecule has 1 heterocycles. The fourth-order valence-electron chi connectivity index (χ4n) is 2.33. The smallest absolute Gasteiger partial charge is 0.297 e. The first-order chi connectivity index (χ1) is 11.7. The predicted octanol–water partition coefficient (Wildman–Crippen LogP) is 0.231. The van der Waals surface area contributed by atoms with E-state index in [-0.39, 0.29) is 0 Å². The Balaban J connectivity index is 2.30. The van der Waals surface area contributed by atoms with Crippen LogP contribution in [0.2, 0.25) is 0 Å². The Labute approximate surface area is 147 Å². The SMILES string of the molecule is CCS[C@H]1O[C@H](CO)[C@@H](O)[C@H](O)[C@H]1OS(=O)(=O)c1cc(F)cc(F)c1. The minimum Gasteiger partial charge on any atom is -0.394 e. The second-order valence-corrected chi connectivity index (χ2v) is 8.23. The van der Waals surface area contributed by atoms with E-state index in [9.17, 15) is 32.5 Å². The summed E-state index contributed by atoms with van der Waals surface area (Å²) in [6.07, 6.45) is -5.93. The van der Waals surface area contributed by atoms with E-state index < -0.39 is 63.1 Å². The number of ether oxygens (including phenoxy) is 1. The lowest BCUT2D eigenvalue weighted by Crippen LogP contribution is -2.58. The lowest BCUT2D eigenvalue weighted by Gasteiger charge is -2.41. The lowest BCUT2D eigenvalue weighted by atomic mass is 10.0. The van der Waals surface area contributed by atoms with Gasteiger partial charge in [0.1, 0.15) is 41.5 Å². The highest BCUT2D eigenvalue weighted by Gasteiger charge is 2.47. The van der Waals surface area contributed by atoms with Gasteiger partial charge in [0.2, 0.25) is 0 Å². The van der Waals surface area contributed by atoms with Crippen LogP contribution in [0, 0.1) is 11.6 Å². The van der Waals surface area contributed by atoms with Crippen molar-refractivity contribution in [3.8, 4) is 0 Å². The van der Waals surface area contributed by atoms with Gasteiger partial charge in [0.15, 0.2) is 0 Å². The van der Waals surface area contributed by atoms with Gasteiger partial charge in [0.05, 0.1) is 11.5 Å². The predicted molar refractivity (Wildman–Crippen MR) is 84.3 cm³/mol. The number of hydrogen-bond donors (Lipinski definition) is 3. The molecular formula is C14H18F2O7S2. The molecule has 0 bridgehead atoms. The van der Waals surface area contributed by atoms with Crippen molar-refractivity contribution in [2.75, 3.05) is 12.4 Å². The molecule has 0 unspecified atom stereocenters. The van der Waals surface area contributed by atoms with Gasteiger partial charge in [-0.05, 0) is 17.9 Å². The molecule has 2 rings (SSSR count). The van der Waals surface area contributed by atoms with E-state index >= 15 is 0 Å². The van der Waals surface area contributed by atoms with Crippen molar-refractivity contribution in [3.05, 3.63) is 29.8 Å². The molecule has 0 radical (unpaired) electrons. The minimum absolute atomic E-state index is 0.458. The van der Waals surface area contributed by atoms with Crippen LogP contribution in [0.1, 0.15) is 6.92 Å². The third kappa shape index (κ3) is 4.67. The molecule has 1 aromatic carbocycles. The van der Waals surface area contributed by atoms with Crippen molar-refractivity contribution in [2.45, 2.75) is 41.7 Å². The maximum Gasteiger partial charge on any atom is 0.297 e. The molecule has 1 aliphatic heterocycles. The summed E-state index contributed by atoms with van der Waals surface area (Å²) in [6.45, 7) is 1.15. The molecule has 142 valence electrons. The zero-order valence-corrected chi connectivity index (χ0v) is 14.7. The highest BCUT2D eigenvalue weighted by molar-refractivity contribution is 7.99. The minimum atomic E-state index is -4.64. The molecule has 5 atom stereocenters. The Kier molecular flexibility index (Phi) is 6.76. The second-order valence-electron chi connectivity index (χ2n) is 5.28. The lowest BCUT2D eigenvalue weighted by molar-refractivity contribution is -0.198. The molecule has 0 amide bonds. The Hall–Kier alpha value is -0.820. The van der Waals surface area contributed by atoms with Crippen LogP contribution in [0.25, 0.3) is 0 Å². The molecule has 25 heavy (non-hydrogen) atoms. The van der Waals surface area contributed by atoms with Gasteiger partial charge in [0.25, 0.3) is 10.1 Å². The Morgan fingerprint density at radius 3 is 2.32 bits per heavy atom. The molecule has 0 saturated carbocycles. The van der Waals surface area contributed by atoms with Gasteiger partial charge >= 0.3 is 0 Å². The average Bonchev–Trinajstić information content (AvgIpc) is 2.53. The second kappa shape index (κ2) is 8.25. The summed E-state index contributed by atoms with van der Waals surface area (Å²) in [5, 5.41) is 29.2. The maximum absolute atomic E-state index is 13.3. The molecule has 1 aromatic rings. The summed E-state index contributed by atoms with van der Waals surface area (Å²) < 4.78 is 61.4. The molecule has 1 fully saturated rings. The average molecular weight is 400 g/mol. The normalized spacial score (nSPS) is 30.4. The fraction of sp³-hybridized carbons (Fsp3) is 0.571. The zero-order valence-electron chi connectivity index (χ0n) is 13.1. The van der Waals surface area contributed by atoms with Crippen LogP contribution in [-0.4, -0.2) is 65.9 Å². The van der Waals surface area contributed by atoms with Crippen LogP contribution in [0.15, 0.2) is 23.1 Å². The van der Waals surface area contributed by atoms with Crippen LogP contribution in [0.3, 0.4) is 0 Å². The van der Waals surface area contributed by atoms with Crippen molar-refractivity contribution < 1.29 is 41.4 Å². The molecule has 0 aliphatic carbocycles. The summed E-state index contributed by atoms with van der Waals surface area (Å²) in [6, 6.07) is 1.65. The Morgan fingerprint density at radius 1 is 1.20 bits per heavy atom. The van der Waals surface area contributed by atoms with Crippen molar-refractivity contribution in [3.63, 3.8) is 0 Å². The summed E-state index contributed by atoms with van der Waals surface area (Å²) in [5.74, 6) is -1.76. The molecule has 0 spiro atoms. The highest BCUT2D eigenvalue weighted by atomic mass is 32.2. The van der Waals surface area contributed by atoms with Gasteiger partial charge in [-0.3, -0.25) is 4.18 Å². The van der Waals surface area contributed by atoms with Crippen LogP contribution in [-0.2, 0) is 19.0 Å². The molecule has 3 N–H and O–H groups in total. The van der Waals surface area contributed by atoms with E-state index in [4.69, 9.17) is 8.92 Å². The molecule has 0 aromatic heterocycles. The van der Waals surface area contributed by atoms with E-state index in [1.165, 1.54) is 0 Å². The molecule has 1 aliphatic rings. The number of aliphatic hydroxyl groups is 3. The van der Waals surface area contributed by atoms with Gasteiger partial charge < -0.3 is 20.1 Å². The fourth-order valence-corrected chi connectivity index (χ4v) is 4.49. The summed E-state index contributed by atoms with van der Waals surface area (Å²) in [4.78, 5) is -0.767. The van der Waals surface area contributed by atoms with E-state index in [0.717, 1.165) is 11.8 Å². The third-order valence-corrected chi connectivity index (χ3v) is 5.85. The number of benzene rings is 1. The van der Waals surface area contributed by atoms with Crippen molar-refractivity contribution in [1.82, 2.24) is 0 Å². The van der Waals surface area contributed by atoms with Crippen molar-refractivity contribution in [2.24, 2.45) is 0 Å². The van der Waals surface area contributed by atoms with Crippen molar-refractivity contribution in [1.29, 1.82) is 0 Å². The van der Waals surface area contributed by atoms with Gasteiger partial charge in [-0.1, -0.05) is 6.92 Å². The van der Waals surface area contributed by atoms with E-state index in [0.29, 0.717) is 24.0 Å². The molecule has 1 saturated heterocycles. The highest BCUT2D eigenvalue weighted by Crippen LogP contribution is 2.32. The van der Waals surface area contributed by atoms with Crippen LogP contribution in [0.5, 0.6) is 0 Å². The first kappa shape index (κ1) is 20.5. The van der Waals surface area contributed by atoms with Gasteiger partial charge in [-0.25, -0.2) is 8.78 Å². The van der Waals surface area contributed by atoms with Crippen LogP contribution < -0.4 is 0 Å². The van der Waals surface area contributed by atoms with E-state index in [2.05, 4.69) is 0 Å². The summed E-state index contributed by atoms with van der Waals surface area (Å²) in [5.41, 5.74) is -1.02. The third-order valence-electron chi connectivity index (χ3n) is 3.52. The number of halogens is 2. The molecule has 11 heteroatoms. The van der Waals surface area contributed by atoms with E-state index in [1.807, 2.05) is 0 Å². The van der Waals surface area contributed by atoms with Gasteiger partial charge in [0, 0.05) is 6.07 Å². The number of rotatable bonds is 6. The Morgan fingerprint density at radius 2 is 1.80 bits per heavy atom. The maximum atomic E-state index is 13.3. The van der Waals surface area contributed by atoms with Crippen LogP contribution in [0.4, 0.5) is 8.78 Å². The van der Waals surface area contributed by atoms with Crippen molar-refractivity contribution >= 4 is 21.9 Å². The topological polar surface area (TPSA) is 113 Å². The quantitative estimate of drug-likeness (QED) is 0.582. The standard InChI is InChI=1S/C14H18F2O7S2/c1-2-24-14-13(12(19)11(18)10(6-17)22-14)23-25(20,21)9-4-7(15)3-8(16)5-9/h3-5,10-14,17-19H,2,6H2,1H3/t10-,11-,12+,13-,14-/m1/s1. The van der Waals surface area contributed by atoms with E-state index in [1.54, 1.807) is 6.92 Å². The molecule has 7 nitrogen and oxygen atoms in total. The number of aliphatic hydroxyl groups excluding tert-OH is 3. The first-order valence-electron chi connectivity index (χ1n) is 7.33. The first-order valence-corrected chi connectivity index (χ1v) is 9.78. The Bertz CT molecular complexity index is 680.